The van der Waals surface area contributed by atoms with Gasteiger partial charge in [0.1, 0.15) is 11.6 Å². The summed E-state index contributed by atoms with van der Waals surface area (Å²) in [6, 6.07) is 15.6. The van der Waals surface area contributed by atoms with Crippen molar-refractivity contribution in [2.24, 2.45) is 0 Å². The number of aromatic nitrogens is 2. The van der Waals surface area contributed by atoms with E-state index < -0.39 is 11.7 Å². The molecule has 7 nitrogen and oxygen atoms in total. The number of piperidine rings is 1. The number of pyridine rings is 2. The number of amides is 1. The van der Waals surface area contributed by atoms with E-state index >= 15 is 4.39 Å². The molecule has 2 aromatic heterocycles. The van der Waals surface area contributed by atoms with E-state index in [1.54, 1.807) is 35.5 Å². The van der Waals surface area contributed by atoms with Crippen molar-refractivity contribution < 1.29 is 9.18 Å². The molecular weight excluding hydrogens is 443 g/mol. The van der Waals surface area contributed by atoms with Gasteiger partial charge in [-0.15, -0.1) is 0 Å². The van der Waals surface area contributed by atoms with Crippen LogP contribution in [0.1, 0.15) is 28.8 Å². The van der Waals surface area contributed by atoms with Crippen molar-refractivity contribution in [3.05, 3.63) is 83.9 Å². The van der Waals surface area contributed by atoms with Gasteiger partial charge in [0.05, 0.1) is 17.3 Å². The maximum atomic E-state index is 15.4. The number of aryl methyl sites for hydroxylation is 1. The SMILES string of the molecule is Cc1cccc2ccnc(N(C(=O)c3ccc(Nc4ncccc4N)cc3F)[C@@H]3CCCNC3)c12. The summed E-state index contributed by atoms with van der Waals surface area (Å²) in [5.41, 5.74) is 7.84. The van der Waals surface area contributed by atoms with Gasteiger partial charge < -0.3 is 16.4 Å². The highest BCUT2D eigenvalue weighted by Crippen LogP contribution is 2.32. The molecule has 1 aliphatic heterocycles. The lowest BCUT2D eigenvalue weighted by atomic mass is 10.0. The van der Waals surface area contributed by atoms with Crippen molar-refractivity contribution in [2.45, 2.75) is 25.8 Å². The van der Waals surface area contributed by atoms with Crippen LogP contribution >= 0.6 is 0 Å². The Hall–Kier alpha value is -4.04. The Labute approximate surface area is 203 Å². The lowest BCUT2D eigenvalue weighted by Crippen LogP contribution is -2.49. The van der Waals surface area contributed by atoms with Crippen LogP contribution in [0, 0.1) is 12.7 Å². The molecule has 178 valence electrons. The molecule has 2 aromatic carbocycles. The van der Waals surface area contributed by atoms with Gasteiger partial charge in [-0.25, -0.2) is 14.4 Å². The summed E-state index contributed by atoms with van der Waals surface area (Å²) >= 11 is 0. The molecule has 1 fully saturated rings. The molecule has 0 bridgehead atoms. The molecule has 4 N–H and O–H groups in total. The van der Waals surface area contributed by atoms with Crippen LogP contribution in [0.4, 0.5) is 27.4 Å². The lowest BCUT2D eigenvalue weighted by Gasteiger charge is -2.35. The molecule has 0 aliphatic carbocycles. The molecule has 8 heteroatoms. The second-order valence-electron chi connectivity index (χ2n) is 8.74. The van der Waals surface area contributed by atoms with Gasteiger partial charge in [0.25, 0.3) is 5.91 Å². The Balaban J connectivity index is 1.54. The minimum Gasteiger partial charge on any atom is -0.396 e. The fraction of sp³-hybridized carbons (Fsp3) is 0.222. The van der Waals surface area contributed by atoms with Crippen molar-refractivity contribution in [3.63, 3.8) is 0 Å². The maximum absolute atomic E-state index is 15.4. The van der Waals surface area contributed by atoms with Crippen molar-refractivity contribution in [1.82, 2.24) is 15.3 Å². The standard InChI is InChI=1S/C27H27FN6O/c1-17-5-2-6-18-11-14-32-26(24(17)18)34(20-7-3-12-30-16-20)27(35)21-10-9-19(15-22(21)28)33-25-23(29)8-4-13-31-25/h2,4-6,8-11,13-15,20,30H,3,7,12,16,29H2,1H3,(H,31,33)/t20-/m1/s1. The summed E-state index contributed by atoms with van der Waals surface area (Å²) < 4.78 is 15.4. The number of carbonyl (C=O) groups excluding carboxylic acids is 1. The van der Waals surface area contributed by atoms with Gasteiger partial charge in [0.2, 0.25) is 0 Å². The average Bonchev–Trinajstić information content (AvgIpc) is 2.86. The zero-order valence-electron chi connectivity index (χ0n) is 19.5. The van der Waals surface area contributed by atoms with Gasteiger partial charge in [-0.1, -0.05) is 18.2 Å². The quantitative estimate of drug-likeness (QED) is 0.388. The number of rotatable bonds is 5. The Bertz CT molecular complexity index is 1380. The highest BCUT2D eigenvalue weighted by molar-refractivity contribution is 6.11. The van der Waals surface area contributed by atoms with Gasteiger partial charge in [-0.05, 0) is 73.7 Å². The van der Waals surface area contributed by atoms with E-state index in [-0.39, 0.29) is 11.6 Å². The monoisotopic (exact) mass is 470 g/mol. The van der Waals surface area contributed by atoms with E-state index in [4.69, 9.17) is 5.73 Å². The molecule has 1 aliphatic rings. The van der Waals surface area contributed by atoms with Crippen LogP contribution in [0.2, 0.25) is 0 Å². The molecular formula is C27H27FN6O. The van der Waals surface area contributed by atoms with Gasteiger partial charge in [0, 0.05) is 30.0 Å². The van der Waals surface area contributed by atoms with Crippen molar-refractivity contribution in [3.8, 4) is 0 Å². The number of hydrogen-bond acceptors (Lipinski definition) is 6. The first-order chi connectivity index (χ1) is 17.0. The molecule has 0 unspecified atom stereocenters. The van der Waals surface area contributed by atoms with Crippen LogP contribution in [0.15, 0.2) is 67.0 Å². The van der Waals surface area contributed by atoms with Crippen LogP contribution < -0.4 is 21.3 Å². The summed E-state index contributed by atoms with van der Waals surface area (Å²) in [5, 5.41) is 8.27. The highest BCUT2D eigenvalue weighted by Gasteiger charge is 2.31. The zero-order chi connectivity index (χ0) is 24.4. The summed E-state index contributed by atoms with van der Waals surface area (Å²) in [7, 11) is 0. The van der Waals surface area contributed by atoms with Gasteiger partial charge >= 0.3 is 0 Å². The Morgan fingerprint density at radius 2 is 2.03 bits per heavy atom. The summed E-state index contributed by atoms with van der Waals surface area (Å²) in [5.74, 6) is -0.0537. The smallest absolute Gasteiger partial charge is 0.262 e. The minimum absolute atomic E-state index is 0.0116. The summed E-state index contributed by atoms with van der Waals surface area (Å²) in [6.45, 7) is 3.52. The first-order valence-corrected chi connectivity index (χ1v) is 11.7. The molecule has 0 radical (unpaired) electrons. The maximum Gasteiger partial charge on any atom is 0.262 e. The molecule has 0 saturated carbocycles. The van der Waals surface area contributed by atoms with Gasteiger partial charge in [0.15, 0.2) is 5.82 Å². The number of carbonyl (C=O) groups is 1. The number of hydrogen-bond donors (Lipinski definition) is 3. The van der Waals surface area contributed by atoms with Crippen LogP contribution in [-0.2, 0) is 0 Å². The molecule has 1 atom stereocenters. The number of benzene rings is 2. The normalized spacial score (nSPS) is 15.7. The van der Waals surface area contributed by atoms with E-state index in [0.29, 0.717) is 29.6 Å². The Morgan fingerprint density at radius 1 is 1.14 bits per heavy atom. The van der Waals surface area contributed by atoms with E-state index in [1.165, 1.54) is 12.1 Å². The van der Waals surface area contributed by atoms with Crippen molar-refractivity contribution in [2.75, 3.05) is 29.0 Å². The summed E-state index contributed by atoms with van der Waals surface area (Å²) in [6.07, 6.45) is 5.04. The number of anilines is 4. The zero-order valence-corrected chi connectivity index (χ0v) is 19.5. The van der Waals surface area contributed by atoms with E-state index in [9.17, 15) is 4.79 Å². The van der Waals surface area contributed by atoms with Gasteiger partial charge in [-0.3, -0.25) is 9.69 Å². The van der Waals surface area contributed by atoms with Crippen LogP contribution in [0.3, 0.4) is 0 Å². The number of nitrogens with one attached hydrogen (secondary N) is 2. The van der Waals surface area contributed by atoms with E-state index in [2.05, 4.69) is 20.6 Å². The lowest BCUT2D eigenvalue weighted by molar-refractivity contribution is 0.0968. The Morgan fingerprint density at radius 3 is 2.80 bits per heavy atom. The molecule has 5 rings (SSSR count). The van der Waals surface area contributed by atoms with Gasteiger partial charge in [-0.2, -0.15) is 0 Å². The van der Waals surface area contributed by atoms with Crippen molar-refractivity contribution in [1.29, 1.82) is 0 Å². The fourth-order valence-corrected chi connectivity index (χ4v) is 4.61. The second-order valence-corrected chi connectivity index (χ2v) is 8.74. The second kappa shape index (κ2) is 9.68. The first kappa shape index (κ1) is 22.7. The number of fused-ring (bicyclic) bond motifs is 1. The third kappa shape index (κ3) is 4.52. The molecule has 4 aromatic rings. The van der Waals surface area contributed by atoms with Crippen molar-refractivity contribution >= 4 is 39.7 Å². The van der Waals surface area contributed by atoms with E-state index in [1.807, 2.05) is 31.2 Å². The number of halogens is 1. The van der Waals surface area contributed by atoms with Crippen LogP contribution in [0.25, 0.3) is 10.8 Å². The first-order valence-electron chi connectivity index (χ1n) is 11.7. The third-order valence-corrected chi connectivity index (χ3v) is 6.36. The van der Waals surface area contributed by atoms with Crippen LogP contribution in [-0.4, -0.2) is 35.0 Å². The van der Waals surface area contributed by atoms with Crippen LogP contribution in [0.5, 0.6) is 0 Å². The largest absolute Gasteiger partial charge is 0.396 e. The molecule has 0 spiro atoms. The highest BCUT2D eigenvalue weighted by atomic mass is 19.1. The molecule has 1 saturated heterocycles. The molecule has 35 heavy (non-hydrogen) atoms. The van der Waals surface area contributed by atoms with E-state index in [0.717, 1.165) is 35.7 Å². The topological polar surface area (TPSA) is 96.2 Å². The predicted octanol–water partition coefficient (Wildman–Crippen LogP) is 4.80. The average molecular weight is 471 g/mol. The number of nitrogen functional groups attached to an aromatic ring is 1. The minimum atomic E-state index is -0.625. The summed E-state index contributed by atoms with van der Waals surface area (Å²) in [4.78, 5) is 24.4. The molecule has 1 amide bonds. The Kier molecular flexibility index (Phi) is 6.29. The predicted molar refractivity (Wildman–Crippen MR) is 138 cm³/mol. The third-order valence-electron chi connectivity index (χ3n) is 6.36. The fourth-order valence-electron chi connectivity index (χ4n) is 4.61. The molecule has 3 heterocycles. The number of nitrogens with two attached hydrogens (primary N) is 1. The number of nitrogens with zero attached hydrogens (tertiary/aromatic N) is 3.